The molecule has 0 fully saturated rings. The summed E-state index contributed by atoms with van der Waals surface area (Å²) in [5, 5.41) is 2.63. The first kappa shape index (κ1) is 28.2. The van der Waals surface area contributed by atoms with Gasteiger partial charge in [0.25, 0.3) is 0 Å². The van der Waals surface area contributed by atoms with Gasteiger partial charge in [-0.05, 0) is 56.6 Å². The molecule has 6 aromatic carbocycles. The smallest absolute Gasteiger partial charge is 0.0585 e. The molecule has 2 heteroatoms. The van der Waals surface area contributed by atoms with Gasteiger partial charge in [0.15, 0.2) is 0 Å². The zero-order valence-corrected chi connectivity index (χ0v) is 29.3. The molecule has 0 atom stereocenters. The molecule has 0 saturated heterocycles. The van der Waals surface area contributed by atoms with Crippen LogP contribution in [0.5, 0.6) is 0 Å². The third-order valence-corrected chi connectivity index (χ3v) is 12.7. The monoisotopic (exact) mass is 622 g/mol. The van der Waals surface area contributed by atoms with Gasteiger partial charge in [0, 0.05) is 32.4 Å². The van der Waals surface area contributed by atoms with Gasteiger partial charge in [-0.2, -0.15) is 0 Å². The summed E-state index contributed by atoms with van der Waals surface area (Å²) in [5.41, 5.74) is 18.5. The molecule has 10 rings (SSSR count). The van der Waals surface area contributed by atoms with E-state index in [4.69, 9.17) is 0 Å². The van der Waals surface area contributed by atoms with Crippen molar-refractivity contribution in [3.05, 3.63) is 154 Å². The molecule has 4 aliphatic heterocycles. The van der Waals surface area contributed by atoms with E-state index in [-0.39, 0.29) is 21.7 Å². The van der Waals surface area contributed by atoms with Crippen LogP contribution >= 0.6 is 0 Å². The summed E-state index contributed by atoms with van der Waals surface area (Å²) in [7, 11) is 0. The standard InChI is InChI=1S/C46H42N2/c1-43(2)29-19-11-13-25-35(29)47-39-27-17-9-10-18-28(27)40-38(37(39)45(5,6)33-23-15-21-31(43)41(33)47)46(7,8)34-24-16-22-32-42(34)48(40)36-26-14-12-20-30(36)44(32,3)4/h9-26H,1-8H3. The Bertz CT molecular complexity index is 2250. The van der Waals surface area contributed by atoms with E-state index in [0.717, 1.165) is 0 Å². The van der Waals surface area contributed by atoms with Gasteiger partial charge in [0.2, 0.25) is 0 Å². The fourth-order valence-corrected chi connectivity index (χ4v) is 10.3. The van der Waals surface area contributed by atoms with Crippen LogP contribution in [0.3, 0.4) is 0 Å². The number of para-hydroxylation sites is 4. The van der Waals surface area contributed by atoms with Crippen LogP contribution in [0.1, 0.15) is 99.9 Å². The lowest BCUT2D eigenvalue weighted by Crippen LogP contribution is -2.43. The number of nitrogens with zero attached hydrogens (tertiary/aromatic N) is 2. The summed E-state index contributed by atoms with van der Waals surface area (Å²) < 4.78 is 0. The van der Waals surface area contributed by atoms with Crippen molar-refractivity contribution in [2.45, 2.75) is 77.0 Å². The minimum atomic E-state index is -0.255. The molecule has 6 aromatic rings. The van der Waals surface area contributed by atoms with Crippen molar-refractivity contribution in [2.24, 2.45) is 0 Å². The number of hydrogen-bond donors (Lipinski definition) is 0. The molecule has 4 heterocycles. The quantitative estimate of drug-likeness (QED) is 0.166. The fourth-order valence-electron chi connectivity index (χ4n) is 10.3. The van der Waals surface area contributed by atoms with E-state index in [1.54, 1.807) is 0 Å². The van der Waals surface area contributed by atoms with E-state index in [1.807, 2.05) is 0 Å². The van der Waals surface area contributed by atoms with Crippen molar-refractivity contribution in [1.29, 1.82) is 0 Å². The highest BCUT2D eigenvalue weighted by Gasteiger charge is 2.53. The Morgan fingerprint density at radius 2 is 0.625 bits per heavy atom. The number of anilines is 6. The largest absolute Gasteiger partial charge is 0.309 e. The maximum absolute atomic E-state index is 2.66. The molecule has 0 unspecified atom stereocenters. The van der Waals surface area contributed by atoms with Gasteiger partial charge in [-0.15, -0.1) is 0 Å². The molecular weight excluding hydrogens is 581 g/mol. The summed E-state index contributed by atoms with van der Waals surface area (Å²) in [5.74, 6) is 0. The number of benzene rings is 6. The summed E-state index contributed by atoms with van der Waals surface area (Å²) in [6.45, 7) is 19.5. The molecule has 0 aromatic heterocycles. The molecule has 0 radical (unpaired) electrons. The first-order valence-electron chi connectivity index (χ1n) is 17.6. The van der Waals surface area contributed by atoms with Crippen molar-refractivity contribution < 1.29 is 0 Å². The zero-order valence-electron chi connectivity index (χ0n) is 29.3. The van der Waals surface area contributed by atoms with Gasteiger partial charge in [-0.3, -0.25) is 0 Å². The number of rotatable bonds is 0. The molecule has 236 valence electrons. The Kier molecular flexibility index (Phi) is 5.06. The molecule has 2 nitrogen and oxygen atoms in total. The van der Waals surface area contributed by atoms with Gasteiger partial charge in [-0.25, -0.2) is 0 Å². The third kappa shape index (κ3) is 3.03. The van der Waals surface area contributed by atoms with Crippen LogP contribution in [0.25, 0.3) is 10.8 Å². The Labute approximate surface area is 284 Å². The number of fused-ring (bicyclic) bond motifs is 12. The molecule has 0 amide bonds. The normalized spacial score (nSPS) is 19.0. The van der Waals surface area contributed by atoms with Crippen LogP contribution in [-0.4, -0.2) is 0 Å². The predicted molar refractivity (Wildman–Crippen MR) is 202 cm³/mol. The van der Waals surface area contributed by atoms with Gasteiger partial charge < -0.3 is 9.80 Å². The summed E-state index contributed by atoms with van der Waals surface area (Å²) in [6.07, 6.45) is 0. The van der Waals surface area contributed by atoms with Gasteiger partial charge in [-0.1, -0.05) is 152 Å². The SMILES string of the molecule is CC1(C)c2ccccc2N2c3c1cccc3C(C)(C)c1c3c(c4ccccc4c12)N1c2ccccc2C(C)(C)c2cccc(c21)C3(C)C. The van der Waals surface area contributed by atoms with Crippen LogP contribution in [-0.2, 0) is 21.7 Å². The van der Waals surface area contributed by atoms with E-state index in [0.29, 0.717) is 0 Å². The maximum Gasteiger partial charge on any atom is 0.0585 e. The van der Waals surface area contributed by atoms with Crippen molar-refractivity contribution in [1.82, 2.24) is 0 Å². The third-order valence-electron chi connectivity index (χ3n) is 12.7. The average molecular weight is 623 g/mol. The lowest BCUT2D eigenvalue weighted by atomic mass is 9.60. The van der Waals surface area contributed by atoms with Crippen LogP contribution in [0.2, 0.25) is 0 Å². The van der Waals surface area contributed by atoms with E-state index in [9.17, 15) is 0 Å². The summed E-state index contributed by atoms with van der Waals surface area (Å²) in [6, 6.07) is 41.7. The minimum absolute atomic E-state index is 0.116. The Hall–Kier alpha value is -4.82. The maximum atomic E-state index is 2.66. The van der Waals surface area contributed by atoms with Gasteiger partial charge >= 0.3 is 0 Å². The van der Waals surface area contributed by atoms with E-state index in [1.165, 1.54) is 89.4 Å². The molecular formula is C46H42N2. The highest BCUT2D eigenvalue weighted by molar-refractivity contribution is 6.15. The van der Waals surface area contributed by atoms with Crippen molar-refractivity contribution in [2.75, 3.05) is 9.80 Å². The van der Waals surface area contributed by atoms with Crippen molar-refractivity contribution in [3.8, 4) is 0 Å². The molecule has 0 saturated carbocycles. The van der Waals surface area contributed by atoms with E-state index >= 15 is 0 Å². The highest BCUT2D eigenvalue weighted by atomic mass is 15.2. The highest BCUT2D eigenvalue weighted by Crippen LogP contribution is 2.68. The van der Waals surface area contributed by atoms with Crippen molar-refractivity contribution in [3.63, 3.8) is 0 Å². The van der Waals surface area contributed by atoms with E-state index in [2.05, 4.69) is 174 Å². The second-order valence-electron chi connectivity index (χ2n) is 16.6. The van der Waals surface area contributed by atoms with Crippen molar-refractivity contribution >= 4 is 44.9 Å². The Balaban J connectivity index is 1.44. The van der Waals surface area contributed by atoms with Crippen LogP contribution in [0.15, 0.2) is 109 Å². The molecule has 0 N–H and O–H groups in total. The van der Waals surface area contributed by atoms with Crippen LogP contribution in [0, 0.1) is 0 Å². The van der Waals surface area contributed by atoms with Crippen LogP contribution < -0.4 is 9.80 Å². The summed E-state index contributed by atoms with van der Waals surface area (Å²) in [4.78, 5) is 5.31. The van der Waals surface area contributed by atoms with Gasteiger partial charge in [0.05, 0.1) is 34.1 Å². The topological polar surface area (TPSA) is 6.48 Å². The first-order valence-corrected chi connectivity index (χ1v) is 17.6. The molecule has 4 aliphatic rings. The second-order valence-corrected chi connectivity index (χ2v) is 16.6. The molecule has 48 heavy (non-hydrogen) atoms. The minimum Gasteiger partial charge on any atom is -0.309 e. The molecule has 0 spiro atoms. The van der Waals surface area contributed by atoms with Crippen LogP contribution in [0.4, 0.5) is 34.1 Å². The average Bonchev–Trinajstić information content (AvgIpc) is 3.07. The molecule has 0 bridgehead atoms. The Morgan fingerprint density at radius 3 is 1.02 bits per heavy atom. The summed E-state index contributed by atoms with van der Waals surface area (Å²) >= 11 is 0. The van der Waals surface area contributed by atoms with E-state index < -0.39 is 0 Å². The fraction of sp³-hybridized carbons (Fsp3) is 0.261. The van der Waals surface area contributed by atoms with Gasteiger partial charge in [0.1, 0.15) is 0 Å². The second kappa shape index (κ2) is 8.60. The molecule has 0 aliphatic carbocycles. The zero-order chi connectivity index (χ0) is 33.1. The lowest BCUT2D eigenvalue weighted by Gasteiger charge is -2.54. The first-order chi connectivity index (χ1) is 22.9. The Morgan fingerprint density at radius 1 is 0.312 bits per heavy atom. The lowest BCUT2D eigenvalue weighted by molar-refractivity contribution is 0.556. The predicted octanol–water partition coefficient (Wildman–Crippen LogP) is 12.3. The number of hydrogen-bond acceptors (Lipinski definition) is 2.